The fourth-order valence-corrected chi connectivity index (χ4v) is 3.55. The van der Waals surface area contributed by atoms with Crippen molar-refractivity contribution in [3.8, 4) is 17.2 Å². The molecule has 6 heteroatoms. The van der Waals surface area contributed by atoms with Crippen LogP contribution in [0.2, 0.25) is 0 Å². The Balaban J connectivity index is 1.51. The zero-order valence-corrected chi connectivity index (χ0v) is 19.2. The molecule has 3 aromatic carbocycles. The lowest BCUT2D eigenvalue weighted by Crippen LogP contribution is -2.08. The summed E-state index contributed by atoms with van der Waals surface area (Å²) in [7, 11) is 1.63. The molecule has 0 radical (unpaired) electrons. The number of para-hydroxylation sites is 1. The molecule has 4 rings (SSSR count). The van der Waals surface area contributed by atoms with E-state index in [9.17, 15) is 4.39 Å². The molecule has 0 saturated heterocycles. The lowest BCUT2D eigenvalue weighted by Gasteiger charge is -2.16. The van der Waals surface area contributed by atoms with Gasteiger partial charge in [-0.3, -0.25) is 4.98 Å². The van der Waals surface area contributed by atoms with E-state index in [1.165, 1.54) is 6.07 Å². The predicted octanol–water partition coefficient (Wildman–Crippen LogP) is 7.29. The van der Waals surface area contributed by atoms with Crippen LogP contribution in [-0.2, 0) is 6.42 Å². The van der Waals surface area contributed by atoms with Crippen molar-refractivity contribution in [3.05, 3.63) is 109 Å². The highest BCUT2D eigenvalue weighted by Gasteiger charge is 2.13. The van der Waals surface area contributed by atoms with Crippen LogP contribution < -0.4 is 20.1 Å². The molecule has 0 bridgehead atoms. The molecule has 2 N–H and O–H groups in total. The minimum Gasteiger partial charge on any atom is -0.496 e. The first-order chi connectivity index (χ1) is 16.5. The Kier molecular flexibility index (Phi) is 6.78. The monoisotopic (exact) mass is 455 g/mol. The highest BCUT2D eigenvalue weighted by Crippen LogP contribution is 2.35. The number of rotatable bonds is 9. The molecule has 0 atom stereocenters. The summed E-state index contributed by atoms with van der Waals surface area (Å²) >= 11 is 0. The zero-order valence-electron chi connectivity index (χ0n) is 19.2. The van der Waals surface area contributed by atoms with E-state index in [4.69, 9.17) is 9.47 Å². The van der Waals surface area contributed by atoms with Gasteiger partial charge in [0.05, 0.1) is 24.0 Å². The Hall–Kier alpha value is -4.32. The normalized spacial score (nSPS) is 10.6. The summed E-state index contributed by atoms with van der Waals surface area (Å²) in [6.07, 6.45) is 2.46. The lowest BCUT2D eigenvalue weighted by molar-refractivity contribution is 0.410. The van der Waals surface area contributed by atoms with E-state index in [2.05, 4.69) is 35.7 Å². The van der Waals surface area contributed by atoms with Gasteiger partial charge in [-0.2, -0.15) is 0 Å². The van der Waals surface area contributed by atoms with Crippen molar-refractivity contribution in [2.45, 2.75) is 13.3 Å². The van der Waals surface area contributed by atoms with Gasteiger partial charge in [-0.15, -0.1) is 0 Å². The van der Waals surface area contributed by atoms with Crippen molar-refractivity contribution < 1.29 is 13.9 Å². The van der Waals surface area contributed by atoms with Gasteiger partial charge in [-0.1, -0.05) is 38.3 Å². The number of hydrogen-bond donors (Lipinski definition) is 2. The molecule has 34 heavy (non-hydrogen) atoms. The molecule has 172 valence electrons. The van der Waals surface area contributed by atoms with E-state index in [1.54, 1.807) is 31.5 Å². The summed E-state index contributed by atoms with van der Waals surface area (Å²) in [5.74, 6) is 0.830. The van der Waals surface area contributed by atoms with Crippen LogP contribution in [0.3, 0.4) is 0 Å². The van der Waals surface area contributed by atoms with Crippen LogP contribution in [0.25, 0.3) is 10.9 Å². The minimum atomic E-state index is -0.512. The number of hydrogen-bond acceptors (Lipinski definition) is 5. The van der Waals surface area contributed by atoms with Crippen molar-refractivity contribution in [3.63, 3.8) is 0 Å². The van der Waals surface area contributed by atoms with Crippen LogP contribution in [-0.4, -0.2) is 12.1 Å². The fourth-order valence-electron chi connectivity index (χ4n) is 3.55. The van der Waals surface area contributed by atoms with Crippen molar-refractivity contribution in [2.75, 3.05) is 17.7 Å². The summed E-state index contributed by atoms with van der Waals surface area (Å²) < 4.78 is 26.4. The van der Waals surface area contributed by atoms with Crippen molar-refractivity contribution in [2.24, 2.45) is 0 Å². The highest BCUT2D eigenvalue weighted by atomic mass is 19.1. The number of aromatic nitrogens is 1. The van der Waals surface area contributed by atoms with E-state index < -0.39 is 5.82 Å². The van der Waals surface area contributed by atoms with Gasteiger partial charge < -0.3 is 20.1 Å². The number of nitrogens with one attached hydrogen (secondary N) is 2. The van der Waals surface area contributed by atoms with Gasteiger partial charge in [-0.25, -0.2) is 4.39 Å². The summed E-state index contributed by atoms with van der Waals surface area (Å²) in [6.45, 7) is 10.0. The zero-order chi connectivity index (χ0) is 24.1. The molecule has 0 saturated carbocycles. The SMILES string of the molecule is C=C(Nc1ccccc1)C(=C)Nc1ccc(Oc2ccnc3cc(CC)c(OC)cc23)c(F)c1. The number of methoxy groups -OCH3 is 1. The first-order valence-corrected chi connectivity index (χ1v) is 10.9. The van der Waals surface area contributed by atoms with Gasteiger partial charge in [-0.05, 0) is 54.4 Å². The number of benzene rings is 3. The third kappa shape index (κ3) is 5.02. The first kappa shape index (κ1) is 22.9. The summed E-state index contributed by atoms with van der Waals surface area (Å²) in [4.78, 5) is 4.42. The molecule has 0 amide bonds. The Bertz CT molecular complexity index is 1350. The van der Waals surface area contributed by atoms with Crippen molar-refractivity contribution in [1.29, 1.82) is 0 Å². The van der Waals surface area contributed by atoms with Crippen LogP contribution >= 0.6 is 0 Å². The molecular weight excluding hydrogens is 429 g/mol. The maximum Gasteiger partial charge on any atom is 0.167 e. The third-order valence-corrected chi connectivity index (χ3v) is 5.36. The molecular formula is C28H26FN3O2. The van der Waals surface area contributed by atoms with Crippen molar-refractivity contribution in [1.82, 2.24) is 4.98 Å². The molecule has 4 aromatic rings. The molecule has 0 unspecified atom stereocenters. The number of nitrogens with zero attached hydrogens (tertiary/aromatic N) is 1. The lowest BCUT2D eigenvalue weighted by atomic mass is 10.1. The Morgan fingerprint density at radius 3 is 2.29 bits per heavy atom. The molecule has 5 nitrogen and oxygen atoms in total. The molecule has 1 aromatic heterocycles. The van der Waals surface area contributed by atoms with Gasteiger partial charge in [0.15, 0.2) is 11.6 Å². The van der Waals surface area contributed by atoms with Crippen LogP contribution in [0, 0.1) is 5.82 Å². The topological polar surface area (TPSA) is 55.4 Å². The summed E-state index contributed by atoms with van der Waals surface area (Å²) in [6, 6.07) is 19.8. The average molecular weight is 456 g/mol. The smallest absolute Gasteiger partial charge is 0.167 e. The fraction of sp³-hybridized carbons (Fsp3) is 0.107. The number of anilines is 2. The number of pyridine rings is 1. The predicted molar refractivity (Wildman–Crippen MR) is 136 cm³/mol. The second-order valence-corrected chi connectivity index (χ2v) is 7.66. The highest BCUT2D eigenvalue weighted by molar-refractivity contribution is 5.87. The largest absolute Gasteiger partial charge is 0.496 e. The van der Waals surface area contributed by atoms with Gasteiger partial charge in [0, 0.05) is 29.0 Å². The molecule has 1 heterocycles. The maximum atomic E-state index is 14.9. The van der Waals surface area contributed by atoms with Crippen LogP contribution in [0.5, 0.6) is 17.2 Å². The van der Waals surface area contributed by atoms with E-state index in [0.29, 0.717) is 22.8 Å². The standard InChI is InChI=1S/C28H26FN3O2/c1-5-20-15-25-23(17-28(20)33-4)26(13-14-30-25)34-27-12-11-22(16-24(27)29)32-19(3)18(2)31-21-9-7-6-8-10-21/h6-17,31-32H,2-3,5H2,1,4H3. The van der Waals surface area contributed by atoms with Crippen LogP contribution in [0.1, 0.15) is 12.5 Å². The minimum absolute atomic E-state index is 0.100. The summed E-state index contributed by atoms with van der Waals surface area (Å²) in [5, 5.41) is 6.98. The number of fused-ring (bicyclic) bond motifs is 1. The van der Waals surface area contributed by atoms with Crippen molar-refractivity contribution >= 4 is 22.3 Å². The Labute approximate surface area is 198 Å². The van der Waals surface area contributed by atoms with Gasteiger partial charge in [0.25, 0.3) is 0 Å². The Morgan fingerprint density at radius 1 is 0.882 bits per heavy atom. The van der Waals surface area contributed by atoms with E-state index in [1.807, 2.05) is 42.5 Å². The molecule has 0 fully saturated rings. The van der Waals surface area contributed by atoms with Crippen LogP contribution in [0.15, 0.2) is 97.5 Å². The van der Waals surface area contributed by atoms with Gasteiger partial charge >= 0.3 is 0 Å². The molecule has 0 aliphatic heterocycles. The number of ether oxygens (including phenoxy) is 2. The second-order valence-electron chi connectivity index (χ2n) is 7.66. The van der Waals surface area contributed by atoms with Gasteiger partial charge in [0.1, 0.15) is 11.5 Å². The van der Waals surface area contributed by atoms with E-state index in [-0.39, 0.29) is 5.75 Å². The van der Waals surface area contributed by atoms with Gasteiger partial charge in [0.2, 0.25) is 0 Å². The Morgan fingerprint density at radius 2 is 1.62 bits per heavy atom. The third-order valence-electron chi connectivity index (χ3n) is 5.36. The van der Waals surface area contributed by atoms with E-state index >= 15 is 0 Å². The first-order valence-electron chi connectivity index (χ1n) is 10.9. The number of aryl methyl sites for hydroxylation is 1. The molecule has 0 aliphatic carbocycles. The molecule has 0 spiro atoms. The molecule has 0 aliphatic rings. The second kappa shape index (κ2) is 10.1. The van der Waals surface area contributed by atoms with E-state index in [0.717, 1.165) is 34.3 Å². The maximum absolute atomic E-state index is 14.9. The average Bonchev–Trinajstić information content (AvgIpc) is 2.85. The number of halogens is 1. The van der Waals surface area contributed by atoms with Crippen LogP contribution in [0.4, 0.5) is 15.8 Å². The quantitative estimate of drug-likeness (QED) is 0.260. The summed E-state index contributed by atoms with van der Waals surface area (Å²) in [5.41, 5.74) is 4.32.